The number of likely N-dealkylation sites (tertiary alicyclic amines) is 1. The molecular formula is C30H31FN4O4S. The van der Waals surface area contributed by atoms with E-state index >= 15 is 0 Å². The lowest BCUT2D eigenvalue weighted by Crippen LogP contribution is -2.41. The highest BCUT2D eigenvalue weighted by atomic mass is 32.1. The van der Waals surface area contributed by atoms with E-state index in [4.69, 9.17) is 4.74 Å². The quantitative estimate of drug-likeness (QED) is 0.312. The maximum absolute atomic E-state index is 14.0. The van der Waals surface area contributed by atoms with E-state index in [0.717, 1.165) is 0 Å². The van der Waals surface area contributed by atoms with Gasteiger partial charge in [0.1, 0.15) is 21.1 Å². The number of alkyl carbamates (subject to hydrolysis) is 1. The highest BCUT2D eigenvalue weighted by Gasteiger charge is 2.32. The normalized spacial score (nSPS) is 15.3. The zero-order chi connectivity index (χ0) is 28.6. The van der Waals surface area contributed by atoms with Crippen LogP contribution in [0.2, 0.25) is 0 Å². The van der Waals surface area contributed by atoms with Crippen LogP contribution in [0.15, 0.2) is 65.5 Å². The van der Waals surface area contributed by atoms with E-state index < -0.39 is 11.7 Å². The predicted molar refractivity (Wildman–Crippen MR) is 156 cm³/mol. The summed E-state index contributed by atoms with van der Waals surface area (Å²) >= 11 is 1.23. The third-order valence-electron chi connectivity index (χ3n) is 6.57. The topological polar surface area (TPSA) is 92.7 Å². The number of hydrogen-bond donors (Lipinski definition) is 2. The molecule has 208 valence electrons. The van der Waals surface area contributed by atoms with Gasteiger partial charge in [-0.3, -0.25) is 14.2 Å². The van der Waals surface area contributed by atoms with E-state index in [1.807, 2.05) is 30.3 Å². The van der Waals surface area contributed by atoms with Crippen LogP contribution in [0.4, 0.5) is 20.6 Å². The first-order valence-electron chi connectivity index (χ1n) is 13.1. The zero-order valence-corrected chi connectivity index (χ0v) is 23.6. The Morgan fingerprint density at radius 2 is 1.82 bits per heavy atom. The van der Waals surface area contributed by atoms with Crippen molar-refractivity contribution in [3.05, 3.63) is 87.3 Å². The number of aryl methyl sites for hydroxylation is 1. The molecule has 0 unspecified atom stereocenters. The number of rotatable bonds is 5. The third kappa shape index (κ3) is 5.72. The van der Waals surface area contributed by atoms with E-state index in [-0.39, 0.29) is 23.3 Å². The number of amides is 2. The van der Waals surface area contributed by atoms with E-state index in [1.54, 1.807) is 55.4 Å². The van der Waals surface area contributed by atoms with Gasteiger partial charge in [0.05, 0.1) is 17.4 Å². The van der Waals surface area contributed by atoms with Gasteiger partial charge in [-0.2, -0.15) is 0 Å². The van der Waals surface area contributed by atoms with E-state index in [2.05, 4.69) is 10.6 Å². The van der Waals surface area contributed by atoms with E-state index in [0.29, 0.717) is 57.2 Å². The maximum atomic E-state index is 14.0. The number of nitrogens with zero attached hydrogens (tertiary/aromatic N) is 2. The molecule has 0 saturated carbocycles. The Labute approximate surface area is 235 Å². The average Bonchev–Trinajstić information content (AvgIpc) is 3.50. The minimum atomic E-state index is -0.622. The monoisotopic (exact) mass is 562 g/mol. The van der Waals surface area contributed by atoms with Crippen molar-refractivity contribution >= 4 is 44.9 Å². The molecule has 2 N–H and O–H groups in total. The van der Waals surface area contributed by atoms with Crippen molar-refractivity contribution in [3.8, 4) is 5.69 Å². The van der Waals surface area contributed by atoms with Crippen molar-refractivity contribution in [1.82, 2.24) is 14.8 Å². The summed E-state index contributed by atoms with van der Waals surface area (Å²) in [5.41, 5.74) is 1.48. The van der Waals surface area contributed by atoms with Gasteiger partial charge in [-0.1, -0.05) is 18.2 Å². The highest BCUT2D eigenvalue weighted by Crippen LogP contribution is 2.39. The van der Waals surface area contributed by atoms with Crippen molar-refractivity contribution in [2.45, 2.75) is 45.8 Å². The Morgan fingerprint density at radius 3 is 2.52 bits per heavy atom. The molecule has 0 aliphatic carbocycles. The fourth-order valence-corrected chi connectivity index (χ4v) is 5.96. The highest BCUT2D eigenvalue weighted by molar-refractivity contribution is 7.21. The van der Waals surface area contributed by atoms with Crippen LogP contribution in [0.25, 0.3) is 15.9 Å². The molecule has 8 nitrogen and oxygen atoms in total. The van der Waals surface area contributed by atoms with Gasteiger partial charge in [0.15, 0.2) is 0 Å². The number of nitrogens with one attached hydrogen (secondary N) is 2. The Morgan fingerprint density at radius 1 is 1.07 bits per heavy atom. The largest absolute Gasteiger partial charge is 0.444 e. The summed E-state index contributed by atoms with van der Waals surface area (Å²) in [5.74, 6) is -0.543. The summed E-state index contributed by atoms with van der Waals surface area (Å²) in [6, 6.07) is 16.9. The molecule has 1 fully saturated rings. The molecule has 2 aromatic carbocycles. The second-order valence-electron chi connectivity index (χ2n) is 10.8. The molecule has 40 heavy (non-hydrogen) atoms. The molecule has 1 aliphatic heterocycles. The van der Waals surface area contributed by atoms with Gasteiger partial charge in [-0.05, 0) is 76.1 Å². The first kappa shape index (κ1) is 27.4. The van der Waals surface area contributed by atoms with Gasteiger partial charge in [0.2, 0.25) is 0 Å². The summed E-state index contributed by atoms with van der Waals surface area (Å²) in [4.78, 5) is 42.0. The fourth-order valence-electron chi connectivity index (χ4n) is 4.73. The molecule has 1 saturated heterocycles. The van der Waals surface area contributed by atoms with Gasteiger partial charge in [0, 0.05) is 30.2 Å². The number of benzene rings is 2. The minimum absolute atomic E-state index is 0.217. The number of para-hydroxylation sites is 1. The lowest BCUT2D eigenvalue weighted by Gasteiger charge is -2.22. The van der Waals surface area contributed by atoms with E-state index in [9.17, 15) is 18.8 Å². The van der Waals surface area contributed by atoms with Gasteiger partial charge in [0.25, 0.3) is 11.5 Å². The number of carbonyl (C=O) groups excluding carboxylic acids is 2. The SMILES string of the molecule is Cc1cc(Nc2c(C(=O)N3CC[C@H](NC(=O)OC(C)(C)C)C3)sc3c2ccc(=O)n3-c2ccccc2)ccc1F. The summed E-state index contributed by atoms with van der Waals surface area (Å²) in [6.45, 7) is 7.84. The molecule has 2 aromatic heterocycles. The van der Waals surface area contributed by atoms with Gasteiger partial charge >= 0.3 is 6.09 Å². The molecule has 0 spiro atoms. The lowest BCUT2D eigenvalue weighted by atomic mass is 10.2. The molecule has 3 heterocycles. The summed E-state index contributed by atoms with van der Waals surface area (Å²) < 4.78 is 20.9. The predicted octanol–water partition coefficient (Wildman–Crippen LogP) is 5.98. The first-order valence-corrected chi connectivity index (χ1v) is 13.9. The first-order chi connectivity index (χ1) is 19.0. The molecule has 2 amide bonds. The Hall–Kier alpha value is -4.18. The smallest absolute Gasteiger partial charge is 0.407 e. The molecule has 1 atom stereocenters. The molecule has 0 radical (unpaired) electrons. The third-order valence-corrected chi connectivity index (χ3v) is 7.75. The second kappa shape index (κ2) is 10.8. The number of thiophene rings is 1. The average molecular weight is 563 g/mol. The van der Waals surface area contributed by atoms with Gasteiger partial charge < -0.3 is 20.3 Å². The van der Waals surface area contributed by atoms with Crippen LogP contribution < -0.4 is 16.2 Å². The van der Waals surface area contributed by atoms with Crippen LogP contribution in [0.5, 0.6) is 0 Å². The van der Waals surface area contributed by atoms with Crippen LogP contribution in [0.1, 0.15) is 42.4 Å². The van der Waals surface area contributed by atoms with Crippen LogP contribution in [0.3, 0.4) is 0 Å². The van der Waals surface area contributed by atoms with E-state index in [1.165, 1.54) is 23.5 Å². The number of pyridine rings is 1. The number of aromatic nitrogens is 1. The zero-order valence-electron chi connectivity index (χ0n) is 22.8. The Bertz CT molecular complexity index is 1640. The minimum Gasteiger partial charge on any atom is -0.444 e. The molecule has 5 rings (SSSR count). The van der Waals surface area contributed by atoms with Gasteiger partial charge in [-0.15, -0.1) is 11.3 Å². The number of ether oxygens (including phenoxy) is 1. The van der Waals surface area contributed by atoms with Crippen molar-refractivity contribution in [1.29, 1.82) is 0 Å². The molecular weight excluding hydrogens is 531 g/mol. The number of carbonyl (C=O) groups is 2. The summed E-state index contributed by atoms with van der Waals surface area (Å²) in [7, 11) is 0. The molecule has 0 bridgehead atoms. The van der Waals surface area contributed by atoms with Crippen LogP contribution in [-0.2, 0) is 4.74 Å². The molecule has 1 aliphatic rings. The van der Waals surface area contributed by atoms with Crippen molar-refractivity contribution in [2.24, 2.45) is 0 Å². The second-order valence-corrected chi connectivity index (χ2v) is 11.8. The van der Waals surface area contributed by atoms with Crippen LogP contribution >= 0.6 is 11.3 Å². The lowest BCUT2D eigenvalue weighted by molar-refractivity contribution is 0.0502. The fraction of sp³-hybridized carbons (Fsp3) is 0.300. The number of fused-ring (bicyclic) bond motifs is 1. The number of hydrogen-bond acceptors (Lipinski definition) is 6. The van der Waals surface area contributed by atoms with Crippen molar-refractivity contribution in [3.63, 3.8) is 0 Å². The maximum Gasteiger partial charge on any atom is 0.407 e. The van der Waals surface area contributed by atoms with Crippen LogP contribution in [-0.4, -0.2) is 46.2 Å². The Balaban J connectivity index is 1.53. The van der Waals surface area contributed by atoms with Crippen LogP contribution in [0, 0.1) is 12.7 Å². The molecule has 4 aromatic rings. The summed E-state index contributed by atoms with van der Waals surface area (Å²) in [6.07, 6.45) is 0.0689. The molecule has 10 heteroatoms. The Kier molecular flexibility index (Phi) is 7.37. The number of halogens is 1. The van der Waals surface area contributed by atoms with Crippen molar-refractivity contribution < 1.29 is 18.7 Å². The van der Waals surface area contributed by atoms with Crippen molar-refractivity contribution in [2.75, 3.05) is 18.4 Å². The summed E-state index contributed by atoms with van der Waals surface area (Å²) in [5, 5.41) is 6.88. The van der Waals surface area contributed by atoms with Gasteiger partial charge in [-0.25, -0.2) is 9.18 Å². The number of anilines is 2. The standard InChI is InChI=1S/C30H31FN4O4S/c1-18-16-19(10-12-23(18)31)32-25-22-11-13-24(36)35(21-8-6-5-7-9-21)28(22)40-26(25)27(37)34-15-14-20(17-34)33-29(38)39-30(2,3)4/h5-13,16,20,32H,14-15,17H2,1-4H3,(H,33,38)/t20-/m0/s1.